The van der Waals surface area contributed by atoms with E-state index in [-0.39, 0.29) is 0 Å². The van der Waals surface area contributed by atoms with Gasteiger partial charge in [-0.1, -0.05) is 95.4 Å². The van der Waals surface area contributed by atoms with E-state index < -0.39 is 0 Å². The van der Waals surface area contributed by atoms with Crippen molar-refractivity contribution in [2.24, 2.45) is 0 Å². The van der Waals surface area contributed by atoms with Crippen LogP contribution in [0.1, 0.15) is 116 Å². The van der Waals surface area contributed by atoms with Crippen molar-refractivity contribution in [3.63, 3.8) is 0 Å². The quantitative estimate of drug-likeness (QED) is 0.189. The van der Waals surface area contributed by atoms with Gasteiger partial charge in [-0.25, -0.2) is 0 Å². The van der Waals surface area contributed by atoms with Crippen LogP contribution in [0.4, 0.5) is 0 Å². The minimum Gasteiger partial charge on any atom is -0.396 e. The van der Waals surface area contributed by atoms with Gasteiger partial charge in [-0.05, 0) is 44.9 Å². The molecule has 0 bridgehead atoms. The normalized spacial score (nSPS) is 11.9. The summed E-state index contributed by atoms with van der Waals surface area (Å²) in [7, 11) is 0. The van der Waals surface area contributed by atoms with Gasteiger partial charge in [0.1, 0.15) is 0 Å². The summed E-state index contributed by atoms with van der Waals surface area (Å²) in [6.45, 7) is 2.63. The number of allylic oxidation sites excluding steroid dienone is 4. The molecule has 0 heterocycles. The van der Waals surface area contributed by atoms with Crippen LogP contribution in [0.3, 0.4) is 0 Å². The molecule has 1 N–H and O–H groups in total. The lowest BCUT2D eigenvalue weighted by molar-refractivity contribution is 0.283. The average Bonchev–Trinajstić information content (AvgIpc) is 2.60. The second kappa shape index (κ2) is 22.4. The summed E-state index contributed by atoms with van der Waals surface area (Å²) < 4.78 is 0. The molecule has 0 aliphatic heterocycles. The number of aliphatic hydroxyl groups is 1. The molecule has 1 heteroatoms. The molecule has 0 aromatic carbocycles. The molecule has 142 valence electrons. The highest BCUT2D eigenvalue weighted by atomic mass is 16.2. The Bertz CT molecular complexity index is 267. The van der Waals surface area contributed by atoms with Crippen molar-refractivity contribution in [1.82, 2.24) is 0 Å². The van der Waals surface area contributed by atoms with E-state index in [1.807, 2.05) is 0 Å². The van der Waals surface area contributed by atoms with E-state index in [0.717, 1.165) is 12.8 Å². The van der Waals surface area contributed by atoms with Gasteiger partial charge in [0.05, 0.1) is 0 Å². The van der Waals surface area contributed by atoms with E-state index in [1.54, 1.807) is 0 Å². The molecule has 0 atom stereocenters. The van der Waals surface area contributed by atoms with Gasteiger partial charge in [0.15, 0.2) is 0 Å². The van der Waals surface area contributed by atoms with Gasteiger partial charge < -0.3 is 5.11 Å². The topological polar surface area (TPSA) is 20.2 Å². The summed E-state index contributed by atoms with van der Waals surface area (Å²) in [6.07, 6.45) is 31.7. The fraction of sp³-hybridized carbons (Fsp3) is 0.826. The molecule has 24 heavy (non-hydrogen) atoms. The molecule has 0 aliphatic carbocycles. The molecule has 0 amide bonds. The first-order chi connectivity index (χ1) is 11.9. The second-order valence-electron chi connectivity index (χ2n) is 7.06. The van der Waals surface area contributed by atoms with Gasteiger partial charge >= 0.3 is 0 Å². The standard InChI is InChI=1S/C23H44O/c1-2-3-4-5-6-7-8-9-10-11-12-13-14-15-16-17-18-19-20-21-22-23-24/h13-14,17-18,24H,2-12,15-16,19-23H2,1H3/b14-13+,18-17+. The molecule has 0 unspecified atom stereocenters. The number of unbranched alkanes of at least 4 members (excludes halogenated alkanes) is 14. The summed E-state index contributed by atoms with van der Waals surface area (Å²) in [6, 6.07) is 0. The van der Waals surface area contributed by atoms with Crippen molar-refractivity contribution >= 4 is 0 Å². The van der Waals surface area contributed by atoms with Gasteiger partial charge in [-0.3, -0.25) is 0 Å². The molecular weight excluding hydrogens is 292 g/mol. The Morgan fingerprint density at radius 2 is 0.833 bits per heavy atom. The monoisotopic (exact) mass is 336 g/mol. The number of rotatable bonds is 19. The SMILES string of the molecule is CCCCCCCCCCCC/C=C/CC/C=C/CCCCCO. The van der Waals surface area contributed by atoms with Crippen molar-refractivity contribution < 1.29 is 5.11 Å². The maximum absolute atomic E-state index is 8.69. The maximum atomic E-state index is 8.69. The van der Waals surface area contributed by atoms with Crippen LogP contribution in [0, 0.1) is 0 Å². The first-order valence-corrected chi connectivity index (χ1v) is 10.8. The Hall–Kier alpha value is -0.560. The minimum atomic E-state index is 0.341. The van der Waals surface area contributed by atoms with Crippen LogP contribution in [0.2, 0.25) is 0 Å². The van der Waals surface area contributed by atoms with E-state index >= 15 is 0 Å². The van der Waals surface area contributed by atoms with Crippen molar-refractivity contribution in [3.8, 4) is 0 Å². The molecule has 0 aromatic heterocycles. The van der Waals surface area contributed by atoms with E-state index in [4.69, 9.17) is 5.11 Å². The fourth-order valence-electron chi connectivity index (χ4n) is 2.96. The van der Waals surface area contributed by atoms with Crippen LogP contribution in [-0.4, -0.2) is 11.7 Å². The molecule has 0 saturated heterocycles. The second-order valence-corrected chi connectivity index (χ2v) is 7.06. The number of hydrogen-bond donors (Lipinski definition) is 1. The van der Waals surface area contributed by atoms with Crippen molar-refractivity contribution in [1.29, 1.82) is 0 Å². The van der Waals surface area contributed by atoms with E-state index in [1.165, 1.54) is 96.3 Å². The third-order valence-corrected chi connectivity index (χ3v) is 4.59. The molecule has 0 rings (SSSR count). The average molecular weight is 337 g/mol. The molecule has 1 nitrogen and oxygen atoms in total. The first kappa shape index (κ1) is 23.4. The Morgan fingerprint density at radius 1 is 0.458 bits per heavy atom. The van der Waals surface area contributed by atoms with E-state index in [2.05, 4.69) is 31.2 Å². The predicted octanol–water partition coefficient (Wildman–Crippen LogP) is 7.74. The number of hydrogen-bond acceptors (Lipinski definition) is 1. The zero-order chi connectivity index (χ0) is 17.6. The third-order valence-electron chi connectivity index (χ3n) is 4.59. The van der Waals surface area contributed by atoms with Crippen LogP contribution in [0.15, 0.2) is 24.3 Å². The largest absolute Gasteiger partial charge is 0.396 e. The maximum Gasteiger partial charge on any atom is 0.0431 e. The van der Waals surface area contributed by atoms with Gasteiger partial charge in [-0.2, -0.15) is 0 Å². The first-order valence-electron chi connectivity index (χ1n) is 10.8. The number of aliphatic hydroxyl groups excluding tert-OH is 1. The summed E-state index contributed by atoms with van der Waals surface area (Å²) >= 11 is 0. The molecule has 0 radical (unpaired) electrons. The summed E-state index contributed by atoms with van der Waals surface area (Å²) in [5.41, 5.74) is 0. The van der Waals surface area contributed by atoms with Crippen LogP contribution < -0.4 is 0 Å². The minimum absolute atomic E-state index is 0.341. The Kier molecular flexibility index (Phi) is 21.9. The lowest BCUT2D eigenvalue weighted by Gasteiger charge is -2.01. The van der Waals surface area contributed by atoms with Crippen LogP contribution >= 0.6 is 0 Å². The molecule has 0 saturated carbocycles. The summed E-state index contributed by atoms with van der Waals surface area (Å²) in [5.74, 6) is 0. The molecular formula is C23H44O. The third kappa shape index (κ3) is 21.4. The lowest BCUT2D eigenvalue weighted by Crippen LogP contribution is -1.81. The van der Waals surface area contributed by atoms with Crippen LogP contribution in [0.5, 0.6) is 0 Å². The zero-order valence-electron chi connectivity index (χ0n) is 16.5. The molecule has 0 spiro atoms. The van der Waals surface area contributed by atoms with Crippen molar-refractivity contribution in [2.75, 3.05) is 6.61 Å². The highest BCUT2D eigenvalue weighted by Crippen LogP contribution is 2.11. The smallest absolute Gasteiger partial charge is 0.0431 e. The summed E-state index contributed by atoms with van der Waals surface area (Å²) in [4.78, 5) is 0. The zero-order valence-corrected chi connectivity index (χ0v) is 16.5. The van der Waals surface area contributed by atoms with Gasteiger partial charge in [0.25, 0.3) is 0 Å². The van der Waals surface area contributed by atoms with Crippen LogP contribution in [0.25, 0.3) is 0 Å². The molecule has 0 fully saturated rings. The Balaban J connectivity index is 3.12. The van der Waals surface area contributed by atoms with Gasteiger partial charge in [0, 0.05) is 6.61 Å². The lowest BCUT2D eigenvalue weighted by atomic mass is 10.1. The Labute approximate surface area is 152 Å². The van der Waals surface area contributed by atoms with Crippen molar-refractivity contribution in [2.45, 2.75) is 116 Å². The highest BCUT2D eigenvalue weighted by molar-refractivity contribution is 4.88. The predicted molar refractivity (Wildman–Crippen MR) is 110 cm³/mol. The van der Waals surface area contributed by atoms with Crippen LogP contribution in [-0.2, 0) is 0 Å². The van der Waals surface area contributed by atoms with Gasteiger partial charge in [-0.15, -0.1) is 0 Å². The molecule has 0 aromatic rings. The highest BCUT2D eigenvalue weighted by Gasteiger charge is 1.91. The van der Waals surface area contributed by atoms with E-state index in [0.29, 0.717) is 6.61 Å². The van der Waals surface area contributed by atoms with E-state index in [9.17, 15) is 0 Å². The van der Waals surface area contributed by atoms with Gasteiger partial charge in [0.2, 0.25) is 0 Å². The summed E-state index contributed by atoms with van der Waals surface area (Å²) in [5, 5.41) is 8.69. The molecule has 0 aliphatic rings. The Morgan fingerprint density at radius 3 is 1.29 bits per heavy atom. The fourth-order valence-corrected chi connectivity index (χ4v) is 2.96. The van der Waals surface area contributed by atoms with Crippen molar-refractivity contribution in [3.05, 3.63) is 24.3 Å².